The molecular weight excluding hydrogens is 288 g/mol. The van der Waals surface area contributed by atoms with Crippen molar-refractivity contribution < 1.29 is 19.8 Å². The summed E-state index contributed by atoms with van der Waals surface area (Å²) in [6.07, 6.45) is 0. The van der Waals surface area contributed by atoms with E-state index in [9.17, 15) is 9.59 Å². The smallest absolute Gasteiger partial charge is 0.354 e. The predicted octanol–water partition coefficient (Wildman–Crippen LogP) is 1.37. The van der Waals surface area contributed by atoms with Crippen molar-refractivity contribution in [1.82, 2.24) is 14.6 Å². The number of aromatic nitrogens is 3. The summed E-state index contributed by atoms with van der Waals surface area (Å²) in [5.41, 5.74) is 6.95. The van der Waals surface area contributed by atoms with Gasteiger partial charge in [0.2, 0.25) is 5.95 Å². The molecule has 1 aromatic carbocycles. The van der Waals surface area contributed by atoms with Crippen molar-refractivity contribution in [1.29, 1.82) is 0 Å². The number of hydrogen-bond acceptors (Lipinski definition) is 5. The van der Waals surface area contributed by atoms with Crippen molar-refractivity contribution in [3.05, 3.63) is 47.7 Å². The summed E-state index contributed by atoms with van der Waals surface area (Å²) in [5.74, 6) is -2.29. The molecule has 0 aliphatic heterocycles. The van der Waals surface area contributed by atoms with Crippen molar-refractivity contribution in [2.24, 2.45) is 0 Å². The Morgan fingerprint density at radius 1 is 1.09 bits per heavy atom. The van der Waals surface area contributed by atoms with Crippen LogP contribution < -0.4 is 5.73 Å². The zero-order chi connectivity index (χ0) is 15.9. The number of benzene rings is 1. The number of carbonyl (C=O) groups is 2. The minimum atomic E-state index is -1.17. The summed E-state index contributed by atoms with van der Waals surface area (Å²) >= 11 is 0. The number of hydrogen-bond donors (Lipinski definition) is 3. The number of rotatable bonds is 3. The molecule has 2 heterocycles. The molecule has 0 saturated heterocycles. The van der Waals surface area contributed by atoms with Gasteiger partial charge in [0, 0.05) is 5.56 Å². The van der Waals surface area contributed by atoms with Crippen LogP contribution in [0.15, 0.2) is 36.4 Å². The van der Waals surface area contributed by atoms with E-state index in [1.54, 1.807) is 18.2 Å². The molecule has 0 saturated carbocycles. The number of carboxylic acid groups (broad SMARTS) is 2. The van der Waals surface area contributed by atoms with E-state index >= 15 is 0 Å². The molecule has 0 unspecified atom stereocenters. The molecule has 0 spiro atoms. The van der Waals surface area contributed by atoms with Crippen LogP contribution in [-0.4, -0.2) is 36.7 Å². The molecule has 0 aliphatic carbocycles. The first-order chi connectivity index (χ1) is 10.5. The van der Waals surface area contributed by atoms with Crippen LogP contribution in [-0.2, 0) is 0 Å². The van der Waals surface area contributed by atoms with Gasteiger partial charge in [-0.3, -0.25) is 0 Å². The lowest BCUT2D eigenvalue weighted by molar-refractivity contribution is 0.0680. The largest absolute Gasteiger partial charge is 0.478 e. The fourth-order valence-corrected chi connectivity index (χ4v) is 2.18. The molecule has 0 radical (unpaired) electrons. The highest BCUT2D eigenvalue weighted by atomic mass is 16.4. The van der Waals surface area contributed by atoms with Gasteiger partial charge in [0.1, 0.15) is 0 Å². The highest BCUT2D eigenvalue weighted by Gasteiger charge is 2.16. The number of fused-ring (bicyclic) bond motifs is 1. The monoisotopic (exact) mass is 298 g/mol. The molecule has 0 amide bonds. The molecule has 8 heteroatoms. The second-order valence-corrected chi connectivity index (χ2v) is 4.53. The maximum Gasteiger partial charge on any atom is 0.354 e. The lowest BCUT2D eigenvalue weighted by Gasteiger charge is -2.06. The van der Waals surface area contributed by atoms with E-state index in [2.05, 4.69) is 10.1 Å². The summed E-state index contributed by atoms with van der Waals surface area (Å²) in [6.45, 7) is 0. The molecule has 22 heavy (non-hydrogen) atoms. The number of nitrogens with two attached hydrogens (primary N) is 1. The Hall–Kier alpha value is -3.42. The number of nitrogens with zero attached hydrogens (tertiary/aromatic N) is 3. The third kappa shape index (κ3) is 2.12. The molecule has 2 aromatic heterocycles. The standard InChI is InChI=1S/C14H10N4O4/c15-14-16-11-9(4-5-10(13(21)22)18(11)17-14)7-2-1-3-8(6-7)12(19)20/h1-6H,(H2,15,17)(H,19,20)(H,21,22). The van der Waals surface area contributed by atoms with Gasteiger partial charge in [0.25, 0.3) is 0 Å². The van der Waals surface area contributed by atoms with Crippen molar-refractivity contribution in [3.63, 3.8) is 0 Å². The summed E-state index contributed by atoms with van der Waals surface area (Å²) in [5, 5.41) is 22.1. The Morgan fingerprint density at radius 3 is 2.55 bits per heavy atom. The first-order valence-corrected chi connectivity index (χ1v) is 6.19. The van der Waals surface area contributed by atoms with Crippen LogP contribution in [0.1, 0.15) is 20.8 Å². The summed E-state index contributed by atoms with van der Waals surface area (Å²) in [6, 6.07) is 9.16. The third-order valence-corrected chi connectivity index (χ3v) is 3.14. The fourth-order valence-electron chi connectivity index (χ4n) is 2.18. The number of carboxylic acids is 2. The van der Waals surface area contributed by atoms with Gasteiger partial charge in [-0.15, -0.1) is 5.10 Å². The molecule has 0 fully saturated rings. The lowest BCUT2D eigenvalue weighted by atomic mass is 10.0. The van der Waals surface area contributed by atoms with Crippen LogP contribution >= 0.6 is 0 Å². The third-order valence-electron chi connectivity index (χ3n) is 3.14. The van der Waals surface area contributed by atoms with E-state index in [4.69, 9.17) is 15.9 Å². The number of anilines is 1. The minimum absolute atomic E-state index is 0.0654. The molecular formula is C14H10N4O4. The first kappa shape index (κ1) is 13.6. The molecule has 3 rings (SSSR count). The Balaban J connectivity index is 2.28. The van der Waals surface area contributed by atoms with Gasteiger partial charge >= 0.3 is 11.9 Å². The molecule has 0 bridgehead atoms. The van der Waals surface area contributed by atoms with Crippen LogP contribution in [0.25, 0.3) is 16.8 Å². The van der Waals surface area contributed by atoms with Crippen molar-refractivity contribution >= 4 is 23.5 Å². The van der Waals surface area contributed by atoms with Gasteiger partial charge in [-0.05, 0) is 29.8 Å². The fraction of sp³-hybridized carbons (Fsp3) is 0. The predicted molar refractivity (Wildman–Crippen MR) is 76.8 cm³/mol. The van der Waals surface area contributed by atoms with Gasteiger partial charge in [-0.25, -0.2) is 14.1 Å². The molecule has 4 N–H and O–H groups in total. The summed E-state index contributed by atoms with van der Waals surface area (Å²) < 4.78 is 1.13. The number of aromatic carboxylic acids is 2. The second-order valence-electron chi connectivity index (χ2n) is 4.53. The summed E-state index contributed by atoms with van der Waals surface area (Å²) in [7, 11) is 0. The van der Waals surface area contributed by atoms with E-state index in [0.717, 1.165) is 4.52 Å². The molecule has 110 valence electrons. The molecule has 3 aromatic rings. The normalized spacial score (nSPS) is 10.7. The van der Waals surface area contributed by atoms with Crippen LogP contribution in [0.2, 0.25) is 0 Å². The topological polar surface area (TPSA) is 131 Å². The number of pyridine rings is 1. The quantitative estimate of drug-likeness (QED) is 0.665. The average molecular weight is 298 g/mol. The Kier molecular flexibility index (Phi) is 2.99. The highest BCUT2D eigenvalue weighted by molar-refractivity contribution is 5.92. The molecule has 0 aliphatic rings. The highest BCUT2D eigenvalue weighted by Crippen LogP contribution is 2.26. The van der Waals surface area contributed by atoms with E-state index in [-0.39, 0.29) is 22.9 Å². The maximum atomic E-state index is 11.2. The number of nitrogen functional groups attached to an aromatic ring is 1. The van der Waals surface area contributed by atoms with E-state index in [1.807, 2.05) is 0 Å². The SMILES string of the molecule is Nc1nc2c(-c3cccc(C(=O)O)c3)ccc(C(=O)O)n2n1. The van der Waals surface area contributed by atoms with Gasteiger partial charge < -0.3 is 15.9 Å². The second kappa shape index (κ2) is 4.85. The van der Waals surface area contributed by atoms with Gasteiger partial charge in [0.05, 0.1) is 5.56 Å². The summed E-state index contributed by atoms with van der Waals surface area (Å²) in [4.78, 5) is 26.3. The van der Waals surface area contributed by atoms with E-state index in [1.165, 1.54) is 18.2 Å². The average Bonchev–Trinajstić information content (AvgIpc) is 2.87. The van der Waals surface area contributed by atoms with Crippen molar-refractivity contribution in [2.45, 2.75) is 0 Å². The minimum Gasteiger partial charge on any atom is -0.478 e. The zero-order valence-corrected chi connectivity index (χ0v) is 11.1. The Bertz CT molecular complexity index is 916. The van der Waals surface area contributed by atoms with Gasteiger partial charge in [0.15, 0.2) is 11.3 Å². The Labute approximate surface area is 123 Å². The van der Waals surface area contributed by atoms with Crippen molar-refractivity contribution in [2.75, 3.05) is 5.73 Å². The van der Waals surface area contributed by atoms with E-state index < -0.39 is 11.9 Å². The van der Waals surface area contributed by atoms with Crippen LogP contribution in [0, 0.1) is 0 Å². The lowest BCUT2D eigenvalue weighted by Crippen LogP contribution is -2.07. The van der Waals surface area contributed by atoms with Crippen LogP contribution in [0.3, 0.4) is 0 Å². The molecule has 0 atom stereocenters. The zero-order valence-electron chi connectivity index (χ0n) is 11.1. The maximum absolute atomic E-state index is 11.2. The van der Waals surface area contributed by atoms with E-state index in [0.29, 0.717) is 11.1 Å². The van der Waals surface area contributed by atoms with Gasteiger partial charge in [-0.2, -0.15) is 4.98 Å². The molecule has 8 nitrogen and oxygen atoms in total. The van der Waals surface area contributed by atoms with Crippen molar-refractivity contribution in [3.8, 4) is 11.1 Å². The van der Waals surface area contributed by atoms with Crippen LogP contribution in [0.4, 0.5) is 5.95 Å². The first-order valence-electron chi connectivity index (χ1n) is 6.19. The Morgan fingerprint density at radius 2 is 1.86 bits per heavy atom. The van der Waals surface area contributed by atoms with Crippen LogP contribution in [0.5, 0.6) is 0 Å². The van der Waals surface area contributed by atoms with Gasteiger partial charge in [-0.1, -0.05) is 12.1 Å².